The normalized spacial score (nSPS) is 10.2. The molecule has 0 aromatic carbocycles. The lowest BCUT2D eigenvalue weighted by atomic mass is 10.4. The van der Waals surface area contributed by atoms with Crippen LogP contribution in [0.3, 0.4) is 0 Å². The van der Waals surface area contributed by atoms with Gasteiger partial charge in [-0.25, -0.2) is 14.2 Å². The third-order valence-electron chi connectivity index (χ3n) is 1.79. The summed E-state index contributed by atoms with van der Waals surface area (Å²) in [6.45, 7) is 0. The van der Waals surface area contributed by atoms with Crippen molar-refractivity contribution in [1.29, 1.82) is 0 Å². The van der Waals surface area contributed by atoms with E-state index < -0.39 is 22.9 Å². The zero-order valence-electron chi connectivity index (χ0n) is 7.67. The summed E-state index contributed by atoms with van der Waals surface area (Å²) in [7, 11) is 0. The highest BCUT2D eigenvalue weighted by Crippen LogP contribution is 1.92. The zero-order valence-corrected chi connectivity index (χ0v) is 7.67. The maximum atomic E-state index is 11.5. The van der Waals surface area contributed by atoms with Crippen LogP contribution in [0.1, 0.15) is 10.5 Å². The molecule has 16 heavy (non-hydrogen) atoms. The maximum Gasteiger partial charge on any atom is 0.352 e. The first kappa shape index (κ1) is 9.83. The molecule has 3 N–H and O–H groups in total. The Morgan fingerprint density at radius 1 is 1.44 bits per heavy atom. The lowest BCUT2D eigenvalue weighted by Gasteiger charge is -1.99. The third-order valence-corrected chi connectivity index (χ3v) is 1.79. The molecular weight excluding hydrogens is 218 g/mol. The monoisotopic (exact) mass is 223 g/mol. The Balaban J connectivity index is 2.71. The van der Waals surface area contributed by atoms with Crippen LogP contribution < -0.4 is 11.2 Å². The van der Waals surface area contributed by atoms with E-state index in [4.69, 9.17) is 5.11 Å². The number of aromatic nitrogens is 5. The minimum atomic E-state index is -1.39. The van der Waals surface area contributed by atoms with Crippen molar-refractivity contribution in [3.05, 3.63) is 38.8 Å². The first-order valence-corrected chi connectivity index (χ1v) is 4.05. The lowest BCUT2D eigenvalue weighted by Crippen LogP contribution is -2.35. The van der Waals surface area contributed by atoms with Crippen molar-refractivity contribution in [2.24, 2.45) is 0 Å². The molecule has 0 aliphatic carbocycles. The van der Waals surface area contributed by atoms with E-state index in [0.29, 0.717) is 4.57 Å². The Kier molecular flexibility index (Phi) is 2.12. The first-order chi connectivity index (χ1) is 7.59. The molecule has 9 heteroatoms. The Bertz CT molecular complexity index is 606. The van der Waals surface area contributed by atoms with Gasteiger partial charge in [-0.2, -0.15) is 10.3 Å². The van der Waals surface area contributed by atoms with Crippen LogP contribution >= 0.6 is 0 Å². The van der Waals surface area contributed by atoms with Crippen molar-refractivity contribution >= 4 is 5.97 Å². The van der Waals surface area contributed by atoms with Crippen molar-refractivity contribution in [3.8, 4) is 5.82 Å². The molecule has 2 rings (SSSR count). The molecule has 0 aliphatic rings. The van der Waals surface area contributed by atoms with Crippen molar-refractivity contribution < 1.29 is 9.90 Å². The van der Waals surface area contributed by atoms with E-state index in [1.165, 1.54) is 0 Å². The lowest BCUT2D eigenvalue weighted by molar-refractivity contribution is 0.0689. The van der Waals surface area contributed by atoms with Gasteiger partial charge in [0.25, 0.3) is 5.56 Å². The van der Waals surface area contributed by atoms with Gasteiger partial charge in [-0.05, 0) is 0 Å². The molecule has 0 unspecified atom stereocenters. The van der Waals surface area contributed by atoms with Gasteiger partial charge in [0.15, 0.2) is 5.82 Å². The van der Waals surface area contributed by atoms with Crippen LogP contribution in [-0.2, 0) is 0 Å². The van der Waals surface area contributed by atoms with Gasteiger partial charge in [0.2, 0.25) is 0 Å². The molecule has 2 aromatic heterocycles. The molecule has 0 aliphatic heterocycles. The van der Waals surface area contributed by atoms with E-state index in [1.807, 2.05) is 4.98 Å². The van der Waals surface area contributed by atoms with E-state index in [9.17, 15) is 14.4 Å². The van der Waals surface area contributed by atoms with Crippen LogP contribution in [0.15, 0.2) is 21.9 Å². The quantitative estimate of drug-likeness (QED) is 0.558. The van der Waals surface area contributed by atoms with Crippen LogP contribution in [0.25, 0.3) is 5.82 Å². The zero-order chi connectivity index (χ0) is 11.7. The molecule has 0 radical (unpaired) electrons. The summed E-state index contributed by atoms with van der Waals surface area (Å²) < 4.78 is 0.663. The van der Waals surface area contributed by atoms with Gasteiger partial charge in [0, 0.05) is 6.07 Å². The molecule has 0 amide bonds. The van der Waals surface area contributed by atoms with Gasteiger partial charge >= 0.3 is 11.7 Å². The van der Waals surface area contributed by atoms with Crippen LogP contribution in [0.5, 0.6) is 0 Å². The summed E-state index contributed by atoms with van der Waals surface area (Å²) in [6, 6.07) is 0.790. The van der Waals surface area contributed by atoms with Gasteiger partial charge in [0.1, 0.15) is 5.69 Å². The second-order valence-electron chi connectivity index (χ2n) is 2.80. The van der Waals surface area contributed by atoms with E-state index in [0.717, 1.165) is 12.3 Å². The van der Waals surface area contributed by atoms with E-state index in [1.54, 1.807) is 0 Å². The fraction of sp³-hybridized carbons (Fsp3) is 0. The molecule has 0 atom stereocenters. The number of H-pyrrole nitrogens is 2. The third kappa shape index (κ3) is 1.49. The summed E-state index contributed by atoms with van der Waals surface area (Å²) in [5.74, 6) is -1.40. The number of nitrogens with one attached hydrogen (secondary N) is 2. The number of carboxylic acid groups (broad SMARTS) is 1. The second-order valence-corrected chi connectivity index (χ2v) is 2.80. The average molecular weight is 223 g/mol. The standard InChI is InChI=1S/C7H5N5O4/c13-5-1-3(6(14)15)9-7(16)12(5)4-2-8-11-10-4/h1-2H,(H,9,16)(H,14,15)(H,8,10,11). The molecular formula is C7H5N5O4. The van der Waals surface area contributed by atoms with Crippen LogP contribution in [0, 0.1) is 0 Å². The van der Waals surface area contributed by atoms with Gasteiger partial charge in [-0.3, -0.25) is 4.79 Å². The maximum absolute atomic E-state index is 11.5. The van der Waals surface area contributed by atoms with Crippen molar-refractivity contribution in [1.82, 2.24) is 25.0 Å². The molecule has 82 valence electrons. The molecule has 0 fully saturated rings. The predicted molar refractivity (Wildman–Crippen MR) is 49.6 cm³/mol. The minimum Gasteiger partial charge on any atom is -0.477 e. The highest BCUT2D eigenvalue weighted by Gasteiger charge is 2.11. The number of aromatic amines is 2. The smallest absolute Gasteiger partial charge is 0.352 e. The number of aromatic carboxylic acids is 1. The topological polar surface area (TPSA) is 134 Å². The van der Waals surface area contributed by atoms with Crippen LogP contribution in [0.2, 0.25) is 0 Å². The van der Waals surface area contributed by atoms with Crippen molar-refractivity contribution in [2.75, 3.05) is 0 Å². The van der Waals surface area contributed by atoms with Crippen LogP contribution in [0.4, 0.5) is 0 Å². The second kappa shape index (κ2) is 3.46. The van der Waals surface area contributed by atoms with E-state index in [2.05, 4.69) is 15.4 Å². The number of carbonyl (C=O) groups is 1. The largest absolute Gasteiger partial charge is 0.477 e. The Morgan fingerprint density at radius 3 is 2.69 bits per heavy atom. The fourth-order valence-electron chi connectivity index (χ4n) is 1.13. The number of rotatable bonds is 2. The van der Waals surface area contributed by atoms with Crippen molar-refractivity contribution in [3.63, 3.8) is 0 Å². The number of carboxylic acids is 1. The first-order valence-electron chi connectivity index (χ1n) is 4.05. The van der Waals surface area contributed by atoms with E-state index in [-0.39, 0.29) is 5.82 Å². The minimum absolute atomic E-state index is 0.0109. The predicted octanol–water partition coefficient (Wildman–Crippen LogP) is -1.66. The highest BCUT2D eigenvalue weighted by atomic mass is 16.4. The van der Waals surface area contributed by atoms with Gasteiger partial charge in [-0.15, -0.1) is 5.10 Å². The summed E-state index contributed by atoms with van der Waals surface area (Å²) >= 11 is 0. The molecule has 0 saturated carbocycles. The molecule has 9 nitrogen and oxygen atoms in total. The summed E-state index contributed by atoms with van der Waals surface area (Å²) in [5.41, 5.74) is -2.16. The summed E-state index contributed by atoms with van der Waals surface area (Å²) in [4.78, 5) is 35.5. The molecule has 0 bridgehead atoms. The highest BCUT2D eigenvalue weighted by molar-refractivity contribution is 5.84. The summed E-state index contributed by atoms with van der Waals surface area (Å²) in [6.07, 6.45) is 1.16. The number of nitrogens with zero attached hydrogens (tertiary/aromatic N) is 3. The van der Waals surface area contributed by atoms with Gasteiger partial charge < -0.3 is 10.1 Å². The molecule has 0 saturated heterocycles. The molecule has 0 spiro atoms. The molecule has 2 aromatic rings. The van der Waals surface area contributed by atoms with Crippen LogP contribution in [-0.4, -0.2) is 36.0 Å². The number of hydrogen-bond acceptors (Lipinski definition) is 5. The van der Waals surface area contributed by atoms with E-state index >= 15 is 0 Å². The SMILES string of the molecule is O=C(O)c1cc(=O)n(-c2cn[nH]n2)c(=O)[nH]1. The number of hydrogen-bond donors (Lipinski definition) is 3. The Labute approximate surface area is 86.4 Å². The Hall–Kier alpha value is -2.71. The Morgan fingerprint density at radius 2 is 2.19 bits per heavy atom. The molecule has 2 heterocycles. The summed E-state index contributed by atoms with van der Waals surface area (Å²) in [5, 5.41) is 17.8. The fourth-order valence-corrected chi connectivity index (χ4v) is 1.13. The average Bonchev–Trinajstić information content (AvgIpc) is 2.69. The van der Waals surface area contributed by atoms with Gasteiger partial charge in [0.05, 0.1) is 6.20 Å². The van der Waals surface area contributed by atoms with Crippen molar-refractivity contribution in [2.45, 2.75) is 0 Å². The van der Waals surface area contributed by atoms with Gasteiger partial charge in [-0.1, -0.05) is 0 Å².